The van der Waals surface area contributed by atoms with Crippen molar-refractivity contribution in [2.75, 3.05) is 0 Å². The number of benzene rings is 4. The molecule has 81 valence electrons. The molecule has 0 atom stereocenters. The van der Waals surface area contributed by atoms with Gasteiger partial charge in [0.25, 0.3) is 0 Å². The van der Waals surface area contributed by atoms with Crippen LogP contribution in [0.2, 0.25) is 0 Å². The van der Waals surface area contributed by atoms with E-state index in [0.717, 1.165) is 10.8 Å². The van der Waals surface area contributed by atoms with Crippen LogP contribution < -0.4 is 0 Å². The van der Waals surface area contributed by atoms with Crippen LogP contribution in [0.15, 0.2) is 48.5 Å². The normalized spacial score (nSPS) is 11.3. The molecule has 1 radical (unpaired) electrons. The molecule has 0 saturated heterocycles. The minimum Gasteiger partial charge on any atom is -0.192 e. The van der Waals surface area contributed by atoms with Crippen LogP contribution in [0, 0.1) is 17.4 Å². The van der Waals surface area contributed by atoms with Gasteiger partial charge in [-0.15, -0.1) is 0 Å². The molecule has 1 nitrogen and oxygen atoms in total. The number of rotatable bonds is 0. The van der Waals surface area contributed by atoms with Gasteiger partial charge in [0.15, 0.2) is 0 Å². The van der Waals surface area contributed by atoms with Crippen LogP contribution >= 0.6 is 0 Å². The minimum atomic E-state index is 0.626. The molecule has 0 aliphatic rings. The maximum absolute atomic E-state index is 9.19. The van der Waals surface area contributed by atoms with E-state index in [1.165, 1.54) is 21.5 Å². The van der Waals surface area contributed by atoms with Crippen molar-refractivity contribution >= 4 is 32.3 Å². The summed E-state index contributed by atoms with van der Waals surface area (Å²) in [4.78, 5) is 0. The lowest BCUT2D eigenvalue weighted by molar-refractivity contribution is 1.50. The Morgan fingerprint density at radius 3 is 2.33 bits per heavy atom. The van der Waals surface area contributed by atoms with Gasteiger partial charge in [-0.25, -0.2) is 0 Å². The first kappa shape index (κ1) is 9.44. The van der Waals surface area contributed by atoms with Gasteiger partial charge in [0, 0.05) is 11.5 Å². The molecule has 0 aromatic heterocycles. The highest BCUT2D eigenvalue weighted by atomic mass is 14.2. The smallest absolute Gasteiger partial charge is 0.100 e. The maximum Gasteiger partial charge on any atom is 0.100 e. The van der Waals surface area contributed by atoms with E-state index in [1.54, 1.807) is 0 Å². The van der Waals surface area contributed by atoms with Gasteiger partial charge in [-0.3, -0.25) is 0 Å². The quantitative estimate of drug-likeness (QED) is 0.411. The van der Waals surface area contributed by atoms with Crippen molar-refractivity contribution in [3.63, 3.8) is 0 Å². The van der Waals surface area contributed by atoms with Crippen LogP contribution in [0.3, 0.4) is 0 Å². The first-order valence-corrected chi connectivity index (χ1v) is 5.87. The van der Waals surface area contributed by atoms with Gasteiger partial charge in [-0.2, -0.15) is 5.26 Å². The standard InChI is InChI=1S/C17H8N/c18-10-14-7-6-13-5-4-11-2-1-3-12-8-9-15(14)17(13)16(11)12/h1-6,8-9H. The molecular weight excluding hydrogens is 218 g/mol. The Balaban J connectivity index is 2.45. The SMILES string of the molecule is N#Cc1[c]cc2ccc3cccc4ccc1c2c34. The van der Waals surface area contributed by atoms with E-state index in [1.807, 2.05) is 12.1 Å². The van der Waals surface area contributed by atoms with Gasteiger partial charge in [0.05, 0.1) is 5.56 Å². The number of nitriles is 1. The van der Waals surface area contributed by atoms with Crippen molar-refractivity contribution in [2.45, 2.75) is 0 Å². The van der Waals surface area contributed by atoms with E-state index < -0.39 is 0 Å². The van der Waals surface area contributed by atoms with Gasteiger partial charge >= 0.3 is 0 Å². The molecule has 18 heavy (non-hydrogen) atoms. The lowest BCUT2D eigenvalue weighted by atomic mass is 9.92. The molecule has 0 bridgehead atoms. The molecule has 0 aliphatic heterocycles. The zero-order valence-corrected chi connectivity index (χ0v) is 9.57. The van der Waals surface area contributed by atoms with Crippen molar-refractivity contribution in [2.24, 2.45) is 0 Å². The van der Waals surface area contributed by atoms with Crippen LogP contribution in [0.4, 0.5) is 0 Å². The third-order valence-corrected chi connectivity index (χ3v) is 3.56. The van der Waals surface area contributed by atoms with Crippen molar-refractivity contribution < 1.29 is 0 Å². The summed E-state index contributed by atoms with van der Waals surface area (Å²) in [5, 5.41) is 16.2. The van der Waals surface area contributed by atoms with E-state index >= 15 is 0 Å². The first-order chi connectivity index (χ1) is 8.88. The molecule has 0 saturated carbocycles. The minimum absolute atomic E-state index is 0.626. The summed E-state index contributed by atoms with van der Waals surface area (Å²) < 4.78 is 0. The third-order valence-electron chi connectivity index (χ3n) is 3.56. The van der Waals surface area contributed by atoms with Gasteiger partial charge < -0.3 is 0 Å². The summed E-state index contributed by atoms with van der Waals surface area (Å²) >= 11 is 0. The molecular formula is C17H8N. The summed E-state index contributed by atoms with van der Waals surface area (Å²) in [5.41, 5.74) is 0.626. The largest absolute Gasteiger partial charge is 0.192 e. The topological polar surface area (TPSA) is 23.8 Å². The third kappa shape index (κ3) is 1.05. The summed E-state index contributed by atoms with van der Waals surface area (Å²) in [6, 6.07) is 21.8. The Hall–Kier alpha value is -2.59. The highest BCUT2D eigenvalue weighted by Gasteiger charge is 2.09. The molecule has 0 unspecified atom stereocenters. The monoisotopic (exact) mass is 226 g/mol. The van der Waals surface area contributed by atoms with E-state index in [-0.39, 0.29) is 0 Å². The predicted octanol–water partition coefficient (Wildman–Crippen LogP) is 4.26. The molecule has 1 heteroatoms. The van der Waals surface area contributed by atoms with Crippen molar-refractivity contribution in [3.05, 3.63) is 60.2 Å². The molecule has 0 N–H and O–H groups in total. The second kappa shape index (κ2) is 3.21. The van der Waals surface area contributed by atoms with E-state index in [4.69, 9.17) is 0 Å². The van der Waals surface area contributed by atoms with Crippen LogP contribution in [0.25, 0.3) is 32.3 Å². The van der Waals surface area contributed by atoms with Crippen molar-refractivity contribution in [1.82, 2.24) is 0 Å². The lowest BCUT2D eigenvalue weighted by Crippen LogP contribution is -1.86. The Morgan fingerprint density at radius 2 is 1.56 bits per heavy atom. The molecule has 4 aromatic carbocycles. The second-order valence-corrected chi connectivity index (χ2v) is 4.50. The van der Waals surface area contributed by atoms with Crippen LogP contribution in [-0.4, -0.2) is 0 Å². The summed E-state index contributed by atoms with van der Waals surface area (Å²) in [6.45, 7) is 0. The van der Waals surface area contributed by atoms with E-state index in [9.17, 15) is 5.26 Å². The van der Waals surface area contributed by atoms with E-state index in [2.05, 4.69) is 48.5 Å². The Bertz CT molecular complexity index is 913. The summed E-state index contributed by atoms with van der Waals surface area (Å²) in [6.07, 6.45) is 0. The zero-order chi connectivity index (χ0) is 12.1. The fourth-order valence-electron chi connectivity index (χ4n) is 2.76. The molecule has 0 amide bonds. The van der Waals surface area contributed by atoms with Gasteiger partial charge in [0.2, 0.25) is 0 Å². The predicted molar refractivity (Wildman–Crippen MR) is 73.7 cm³/mol. The molecule has 0 heterocycles. The Morgan fingerprint density at radius 1 is 0.833 bits per heavy atom. The number of nitrogens with zero attached hydrogens (tertiary/aromatic N) is 1. The van der Waals surface area contributed by atoms with Crippen LogP contribution in [0.1, 0.15) is 5.56 Å². The highest BCUT2D eigenvalue weighted by Crippen LogP contribution is 2.35. The second-order valence-electron chi connectivity index (χ2n) is 4.50. The van der Waals surface area contributed by atoms with Crippen molar-refractivity contribution in [1.29, 1.82) is 5.26 Å². The van der Waals surface area contributed by atoms with Gasteiger partial charge in [-0.1, -0.05) is 42.5 Å². The molecule has 0 aliphatic carbocycles. The van der Waals surface area contributed by atoms with Crippen LogP contribution in [-0.2, 0) is 0 Å². The molecule has 4 rings (SSSR count). The first-order valence-electron chi connectivity index (χ1n) is 5.87. The number of hydrogen-bond acceptors (Lipinski definition) is 1. The maximum atomic E-state index is 9.19. The number of hydrogen-bond donors (Lipinski definition) is 0. The highest BCUT2D eigenvalue weighted by molar-refractivity contribution is 6.23. The molecule has 0 spiro atoms. The van der Waals surface area contributed by atoms with E-state index in [0.29, 0.717) is 5.56 Å². The van der Waals surface area contributed by atoms with Crippen LogP contribution in [0.5, 0.6) is 0 Å². The average Bonchev–Trinajstić information content (AvgIpc) is 2.44. The lowest BCUT2D eigenvalue weighted by Gasteiger charge is -2.10. The molecule has 4 aromatic rings. The van der Waals surface area contributed by atoms with Crippen molar-refractivity contribution in [3.8, 4) is 6.07 Å². The van der Waals surface area contributed by atoms with Gasteiger partial charge in [0.1, 0.15) is 6.07 Å². The summed E-state index contributed by atoms with van der Waals surface area (Å²) in [5.74, 6) is 0. The fourth-order valence-corrected chi connectivity index (χ4v) is 2.76. The average molecular weight is 226 g/mol. The summed E-state index contributed by atoms with van der Waals surface area (Å²) in [7, 11) is 0. The fraction of sp³-hybridized carbons (Fsp3) is 0. The Kier molecular flexibility index (Phi) is 1.68. The Labute approximate surface area is 104 Å². The van der Waals surface area contributed by atoms with Gasteiger partial charge in [-0.05, 0) is 33.0 Å². The molecule has 0 fully saturated rings. The zero-order valence-electron chi connectivity index (χ0n) is 9.57.